The molecule has 3 aromatic rings. The van der Waals surface area contributed by atoms with Crippen molar-refractivity contribution >= 4 is 22.4 Å². The predicted octanol–water partition coefficient (Wildman–Crippen LogP) is 5.69. The molecule has 0 saturated carbocycles. The lowest BCUT2D eigenvalue weighted by Crippen LogP contribution is -2.26. The Morgan fingerprint density at radius 2 is 1.64 bits per heavy atom. The molecule has 0 unspecified atom stereocenters. The van der Waals surface area contributed by atoms with E-state index in [0.717, 1.165) is 66.2 Å². The fourth-order valence-corrected chi connectivity index (χ4v) is 3.38. The summed E-state index contributed by atoms with van der Waals surface area (Å²) in [5.41, 5.74) is 4.88. The SMILES string of the molecule is C=C(C)c1nc2ccccc2nc1CCCCN(CCCC)c1ccccn1. The summed E-state index contributed by atoms with van der Waals surface area (Å²) in [6.45, 7) is 10.4. The van der Waals surface area contributed by atoms with Gasteiger partial charge in [-0.05, 0) is 62.4 Å². The van der Waals surface area contributed by atoms with Crippen molar-refractivity contribution < 1.29 is 0 Å². The van der Waals surface area contributed by atoms with Crippen LogP contribution >= 0.6 is 0 Å². The normalized spacial score (nSPS) is 10.9. The quantitative estimate of drug-likeness (QED) is 0.428. The molecule has 0 atom stereocenters. The van der Waals surface area contributed by atoms with Crippen molar-refractivity contribution in [2.45, 2.75) is 46.0 Å². The van der Waals surface area contributed by atoms with Crippen LogP contribution < -0.4 is 4.90 Å². The first-order valence-corrected chi connectivity index (χ1v) is 10.3. The summed E-state index contributed by atoms with van der Waals surface area (Å²) in [6.07, 6.45) is 7.35. The zero-order valence-electron chi connectivity index (χ0n) is 17.1. The van der Waals surface area contributed by atoms with Crippen LogP contribution in [0.3, 0.4) is 0 Å². The van der Waals surface area contributed by atoms with Crippen molar-refractivity contribution in [3.05, 3.63) is 66.6 Å². The number of aromatic nitrogens is 3. The van der Waals surface area contributed by atoms with Crippen LogP contribution in [0.25, 0.3) is 16.6 Å². The van der Waals surface area contributed by atoms with E-state index in [0.29, 0.717) is 0 Å². The van der Waals surface area contributed by atoms with Gasteiger partial charge in [-0.15, -0.1) is 0 Å². The first kappa shape index (κ1) is 20.0. The molecule has 2 heterocycles. The second-order valence-corrected chi connectivity index (χ2v) is 7.27. The smallest absolute Gasteiger partial charge is 0.128 e. The number of allylic oxidation sites excluding steroid dienone is 1. The molecule has 0 bridgehead atoms. The summed E-state index contributed by atoms with van der Waals surface area (Å²) in [6, 6.07) is 14.2. The highest BCUT2D eigenvalue weighted by Crippen LogP contribution is 2.20. The van der Waals surface area contributed by atoms with Crippen LogP contribution in [0.15, 0.2) is 55.2 Å². The molecule has 0 saturated heterocycles. The molecule has 2 aromatic heterocycles. The lowest BCUT2D eigenvalue weighted by Gasteiger charge is -2.23. The summed E-state index contributed by atoms with van der Waals surface area (Å²) in [7, 11) is 0. The van der Waals surface area contributed by atoms with Gasteiger partial charge in [-0.25, -0.2) is 15.0 Å². The Bertz CT molecular complexity index is 905. The summed E-state index contributed by atoms with van der Waals surface area (Å²) in [5.74, 6) is 1.07. The standard InChI is InChI=1S/C24H30N4/c1-4-5-17-28(23-15-8-10-16-25-23)18-11-9-14-22-24(19(2)3)27-21-13-7-6-12-20(21)26-22/h6-8,10,12-13,15-16H,2,4-5,9,11,14,17-18H2,1,3H3. The highest BCUT2D eigenvalue weighted by atomic mass is 15.2. The summed E-state index contributed by atoms with van der Waals surface area (Å²) in [5, 5.41) is 0. The molecule has 0 aliphatic rings. The van der Waals surface area contributed by atoms with Gasteiger partial charge in [0.05, 0.1) is 22.4 Å². The number of para-hydroxylation sites is 2. The molecule has 0 radical (unpaired) electrons. The van der Waals surface area contributed by atoms with E-state index in [9.17, 15) is 0 Å². The second kappa shape index (κ2) is 9.98. The van der Waals surface area contributed by atoms with E-state index in [1.807, 2.05) is 43.5 Å². The topological polar surface area (TPSA) is 41.9 Å². The van der Waals surface area contributed by atoms with Gasteiger partial charge in [0, 0.05) is 19.3 Å². The van der Waals surface area contributed by atoms with Crippen LogP contribution in [0.4, 0.5) is 5.82 Å². The molecule has 1 aromatic carbocycles. The number of unbranched alkanes of at least 4 members (excludes halogenated alkanes) is 2. The monoisotopic (exact) mass is 374 g/mol. The molecule has 0 fully saturated rings. The lowest BCUT2D eigenvalue weighted by molar-refractivity contribution is 0.650. The molecular weight excluding hydrogens is 344 g/mol. The van der Waals surface area contributed by atoms with Crippen LogP contribution in [0, 0.1) is 0 Å². The van der Waals surface area contributed by atoms with E-state index in [1.54, 1.807) is 0 Å². The van der Waals surface area contributed by atoms with Gasteiger partial charge in [-0.1, -0.05) is 38.1 Å². The number of benzene rings is 1. The number of fused-ring (bicyclic) bond motifs is 1. The van der Waals surface area contributed by atoms with Crippen LogP contribution in [0.2, 0.25) is 0 Å². The average molecular weight is 375 g/mol. The van der Waals surface area contributed by atoms with Gasteiger partial charge < -0.3 is 4.90 Å². The number of anilines is 1. The van der Waals surface area contributed by atoms with Crippen LogP contribution in [-0.2, 0) is 6.42 Å². The average Bonchev–Trinajstić information content (AvgIpc) is 2.73. The Kier molecular flexibility index (Phi) is 7.12. The Morgan fingerprint density at radius 1 is 0.929 bits per heavy atom. The van der Waals surface area contributed by atoms with E-state index in [4.69, 9.17) is 9.97 Å². The molecule has 0 aliphatic carbocycles. The maximum absolute atomic E-state index is 4.87. The Morgan fingerprint density at radius 3 is 2.32 bits per heavy atom. The molecule has 28 heavy (non-hydrogen) atoms. The van der Waals surface area contributed by atoms with Gasteiger partial charge in [-0.2, -0.15) is 0 Å². The molecule has 0 N–H and O–H groups in total. The third kappa shape index (κ3) is 5.16. The van der Waals surface area contributed by atoms with E-state index < -0.39 is 0 Å². The highest BCUT2D eigenvalue weighted by Gasteiger charge is 2.11. The summed E-state index contributed by atoms with van der Waals surface area (Å²) >= 11 is 0. The predicted molar refractivity (Wildman–Crippen MR) is 119 cm³/mol. The molecule has 0 aliphatic heterocycles. The molecular formula is C24H30N4. The summed E-state index contributed by atoms with van der Waals surface area (Å²) in [4.78, 5) is 16.6. The Labute approximate surface area is 168 Å². The largest absolute Gasteiger partial charge is 0.357 e. The zero-order valence-corrected chi connectivity index (χ0v) is 17.1. The number of nitrogens with zero attached hydrogens (tertiary/aromatic N) is 4. The third-order valence-corrected chi connectivity index (χ3v) is 4.89. The molecule has 4 nitrogen and oxygen atoms in total. The van der Waals surface area contributed by atoms with Crippen molar-refractivity contribution in [3.8, 4) is 0 Å². The Balaban J connectivity index is 1.65. The van der Waals surface area contributed by atoms with Gasteiger partial charge >= 0.3 is 0 Å². The molecule has 146 valence electrons. The van der Waals surface area contributed by atoms with E-state index in [1.165, 1.54) is 12.8 Å². The molecule has 0 spiro atoms. The Hall–Kier alpha value is -2.75. The summed E-state index contributed by atoms with van der Waals surface area (Å²) < 4.78 is 0. The lowest BCUT2D eigenvalue weighted by atomic mass is 10.1. The van der Waals surface area contributed by atoms with Gasteiger partial charge in [0.2, 0.25) is 0 Å². The van der Waals surface area contributed by atoms with Crippen molar-refractivity contribution in [2.24, 2.45) is 0 Å². The van der Waals surface area contributed by atoms with E-state index >= 15 is 0 Å². The van der Waals surface area contributed by atoms with Gasteiger partial charge in [0.25, 0.3) is 0 Å². The third-order valence-electron chi connectivity index (χ3n) is 4.89. The molecule has 4 heteroatoms. The molecule has 0 amide bonds. The number of pyridine rings is 1. The van der Waals surface area contributed by atoms with Crippen molar-refractivity contribution in [1.29, 1.82) is 0 Å². The van der Waals surface area contributed by atoms with Crippen molar-refractivity contribution in [1.82, 2.24) is 15.0 Å². The molecule has 3 rings (SSSR count). The second-order valence-electron chi connectivity index (χ2n) is 7.27. The minimum absolute atomic E-state index is 0.920. The maximum atomic E-state index is 4.87. The van der Waals surface area contributed by atoms with Gasteiger partial charge in [0.1, 0.15) is 5.82 Å². The van der Waals surface area contributed by atoms with Crippen molar-refractivity contribution in [3.63, 3.8) is 0 Å². The first-order valence-electron chi connectivity index (χ1n) is 10.3. The van der Waals surface area contributed by atoms with E-state index in [-0.39, 0.29) is 0 Å². The number of hydrogen-bond donors (Lipinski definition) is 0. The minimum Gasteiger partial charge on any atom is -0.357 e. The van der Waals surface area contributed by atoms with Crippen LogP contribution in [0.5, 0.6) is 0 Å². The number of aryl methyl sites for hydroxylation is 1. The zero-order chi connectivity index (χ0) is 19.8. The fraction of sp³-hybridized carbons (Fsp3) is 0.375. The minimum atomic E-state index is 0.920. The van der Waals surface area contributed by atoms with E-state index in [2.05, 4.69) is 35.5 Å². The fourth-order valence-electron chi connectivity index (χ4n) is 3.38. The van der Waals surface area contributed by atoms with Gasteiger partial charge in [-0.3, -0.25) is 0 Å². The number of rotatable bonds is 10. The maximum Gasteiger partial charge on any atom is 0.128 e. The number of hydrogen-bond acceptors (Lipinski definition) is 4. The van der Waals surface area contributed by atoms with Crippen molar-refractivity contribution in [2.75, 3.05) is 18.0 Å². The van der Waals surface area contributed by atoms with Crippen LogP contribution in [0.1, 0.15) is 50.9 Å². The highest BCUT2D eigenvalue weighted by molar-refractivity contribution is 5.77. The first-order chi connectivity index (χ1) is 13.7. The van der Waals surface area contributed by atoms with Crippen LogP contribution in [-0.4, -0.2) is 28.0 Å². The van der Waals surface area contributed by atoms with Gasteiger partial charge in [0.15, 0.2) is 0 Å².